The Morgan fingerprint density at radius 3 is 3.06 bits per heavy atom. The lowest BCUT2D eigenvalue weighted by atomic mass is 10.1. The molecule has 1 heterocycles. The largest absolute Gasteiger partial charge is 0.373 e. The molecule has 1 aliphatic rings. The van der Waals surface area contributed by atoms with Gasteiger partial charge in [0.15, 0.2) is 0 Å². The number of rotatable bonds is 6. The second kappa shape index (κ2) is 6.17. The summed E-state index contributed by atoms with van der Waals surface area (Å²) in [4.78, 5) is 11.6. The molecule has 0 saturated carbocycles. The minimum absolute atomic E-state index is 0.0832. The Kier molecular flexibility index (Phi) is 4.57. The van der Waals surface area contributed by atoms with E-state index in [1.165, 1.54) is 0 Å². The van der Waals surface area contributed by atoms with E-state index in [9.17, 15) is 4.79 Å². The van der Waals surface area contributed by atoms with Gasteiger partial charge in [-0.3, -0.25) is 4.79 Å². The Morgan fingerprint density at radius 1 is 1.53 bits per heavy atom. The average molecular weight is 298 g/mol. The third-order valence-electron chi connectivity index (χ3n) is 2.68. The predicted octanol–water partition coefficient (Wildman–Crippen LogP) is 2.29. The number of amides is 1. The molecule has 1 aliphatic heterocycles. The number of hydrogen-bond donors (Lipinski definition) is 1. The molecule has 2 rings (SSSR count). The summed E-state index contributed by atoms with van der Waals surface area (Å²) >= 11 is 3.39. The van der Waals surface area contributed by atoms with E-state index < -0.39 is 0 Å². The third kappa shape index (κ3) is 4.88. The van der Waals surface area contributed by atoms with Gasteiger partial charge in [0.05, 0.1) is 19.1 Å². The van der Waals surface area contributed by atoms with Crippen molar-refractivity contribution in [2.45, 2.75) is 25.4 Å². The Labute approximate surface area is 110 Å². The monoisotopic (exact) mass is 297 g/mol. The van der Waals surface area contributed by atoms with Gasteiger partial charge in [-0.05, 0) is 30.5 Å². The molecule has 1 fully saturated rings. The SMILES string of the molecule is O=C(Cc1cccc(Br)c1)NCCCC1CO1. The zero-order valence-corrected chi connectivity index (χ0v) is 11.2. The second-order valence-corrected chi connectivity index (χ2v) is 5.17. The fourth-order valence-corrected chi connectivity index (χ4v) is 2.13. The van der Waals surface area contributed by atoms with Crippen LogP contribution in [-0.4, -0.2) is 25.2 Å². The molecule has 3 nitrogen and oxygen atoms in total. The molecule has 92 valence electrons. The van der Waals surface area contributed by atoms with Gasteiger partial charge in [-0.15, -0.1) is 0 Å². The van der Waals surface area contributed by atoms with Crippen LogP contribution < -0.4 is 5.32 Å². The van der Waals surface area contributed by atoms with Crippen LogP contribution >= 0.6 is 15.9 Å². The number of carbonyl (C=O) groups excluding carboxylic acids is 1. The highest BCUT2D eigenvalue weighted by molar-refractivity contribution is 9.10. The maximum atomic E-state index is 11.6. The molecule has 1 aromatic carbocycles. The molecule has 0 aliphatic carbocycles. The highest BCUT2D eigenvalue weighted by Crippen LogP contribution is 2.14. The van der Waals surface area contributed by atoms with Crippen LogP contribution in [-0.2, 0) is 16.0 Å². The van der Waals surface area contributed by atoms with E-state index >= 15 is 0 Å². The van der Waals surface area contributed by atoms with Crippen molar-refractivity contribution >= 4 is 21.8 Å². The maximum absolute atomic E-state index is 11.6. The first-order valence-corrected chi connectivity index (χ1v) is 6.66. The number of ether oxygens (including phenoxy) is 1. The molecule has 1 unspecified atom stereocenters. The van der Waals surface area contributed by atoms with Crippen molar-refractivity contribution in [2.24, 2.45) is 0 Å². The molecule has 1 amide bonds. The topological polar surface area (TPSA) is 41.6 Å². The molecule has 0 bridgehead atoms. The highest BCUT2D eigenvalue weighted by Gasteiger charge is 2.21. The van der Waals surface area contributed by atoms with Crippen LogP contribution in [0.15, 0.2) is 28.7 Å². The van der Waals surface area contributed by atoms with E-state index in [4.69, 9.17) is 4.74 Å². The van der Waals surface area contributed by atoms with Gasteiger partial charge in [0, 0.05) is 11.0 Å². The smallest absolute Gasteiger partial charge is 0.224 e. The fourth-order valence-electron chi connectivity index (χ4n) is 1.69. The van der Waals surface area contributed by atoms with Crippen molar-refractivity contribution in [2.75, 3.05) is 13.2 Å². The molecule has 1 N–H and O–H groups in total. The maximum Gasteiger partial charge on any atom is 0.224 e. The van der Waals surface area contributed by atoms with E-state index in [1.54, 1.807) is 0 Å². The van der Waals surface area contributed by atoms with E-state index in [0.717, 1.165) is 36.0 Å². The lowest BCUT2D eigenvalue weighted by Gasteiger charge is -2.05. The van der Waals surface area contributed by atoms with Crippen molar-refractivity contribution in [3.63, 3.8) is 0 Å². The van der Waals surface area contributed by atoms with Gasteiger partial charge in [-0.25, -0.2) is 0 Å². The van der Waals surface area contributed by atoms with Crippen LogP contribution in [0.1, 0.15) is 18.4 Å². The predicted molar refractivity (Wildman–Crippen MR) is 69.8 cm³/mol. The zero-order valence-electron chi connectivity index (χ0n) is 9.62. The summed E-state index contributed by atoms with van der Waals surface area (Å²) in [6.07, 6.45) is 2.95. The van der Waals surface area contributed by atoms with Gasteiger partial charge in [0.1, 0.15) is 0 Å². The first-order valence-electron chi connectivity index (χ1n) is 5.87. The Bertz CT molecular complexity index is 391. The first kappa shape index (κ1) is 12.6. The van der Waals surface area contributed by atoms with Crippen molar-refractivity contribution < 1.29 is 9.53 Å². The summed E-state index contributed by atoms with van der Waals surface area (Å²) in [5.74, 6) is 0.0832. The summed E-state index contributed by atoms with van der Waals surface area (Å²) in [6.45, 7) is 1.64. The van der Waals surface area contributed by atoms with Gasteiger partial charge >= 0.3 is 0 Å². The Hall–Kier alpha value is -0.870. The summed E-state index contributed by atoms with van der Waals surface area (Å²) in [7, 11) is 0. The quantitative estimate of drug-likeness (QED) is 0.646. The van der Waals surface area contributed by atoms with Gasteiger partial charge < -0.3 is 10.1 Å². The lowest BCUT2D eigenvalue weighted by Crippen LogP contribution is -2.26. The van der Waals surface area contributed by atoms with Gasteiger partial charge in [0.2, 0.25) is 5.91 Å². The number of benzene rings is 1. The minimum atomic E-state index is 0.0832. The molecule has 0 spiro atoms. The fraction of sp³-hybridized carbons (Fsp3) is 0.462. The molecule has 17 heavy (non-hydrogen) atoms. The van der Waals surface area contributed by atoms with Crippen LogP contribution in [0.3, 0.4) is 0 Å². The van der Waals surface area contributed by atoms with E-state index in [1.807, 2.05) is 24.3 Å². The molecular formula is C13H16BrNO2. The summed E-state index contributed by atoms with van der Waals surface area (Å²) in [5, 5.41) is 2.92. The molecule has 1 atom stereocenters. The summed E-state index contributed by atoms with van der Waals surface area (Å²) in [5.41, 5.74) is 1.03. The van der Waals surface area contributed by atoms with E-state index in [2.05, 4.69) is 21.2 Å². The molecule has 0 radical (unpaired) electrons. The number of halogens is 1. The molecule has 4 heteroatoms. The number of epoxide rings is 1. The van der Waals surface area contributed by atoms with Crippen molar-refractivity contribution in [1.82, 2.24) is 5.32 Å². The average Bonchev–Trinajstić information content (AvgIpc) is 3.08. The van der Waals surface area contributed by atoms with E-state index in [-0.39, 0.29) is 5.91 Å². The van der Waals surface area contributed by atoms with Crippen molar-refractivity contribution in [3.8, 4) is 0 Å². The number of hydrogen-bond acceptors (Lipinski definition) is 2. The van der Waals surface area contributed by atoms with Gasteiger partial charge in [-0.2, -0.15) is 0 Å². The summed E-state index contributed by atoms with van der Waals surface area (Å²) < 4.78 is 6.11. The minimum Gasteiger partial charge on any atom is -0.373 e. The molecule has 0 aromatic heterocycles. The number of carbonyl (C=O) groups is 1. The van der Waals surface area contributed by atoms with Crippen LogP contribution in [0.2, 0.25) is 0 Å². The Morgan fingerprint density at radius 2 is 2.35 bits per heavy atom. The van der Waals surface area contributed by atoms with Gasteiger partial charge in [0.25, 0.3) is 0 Å². The van der Waals surface area contributed by atoms with Crippen molar-refractivity contribution in [1.29, 1.82) is 0 Å². The second-order valence-electron chi connectivity index (χ2n) is 4.25. The summed E-state index contributed by atoms with van der Waals surface area (Å²) in [6, 6.07) is 7.83. The molecular weight excluding hydrogens is 282 g/mol. The van der Waals surface area contributed by atoms with Crippen LogP contribution in [0, 0.1) is 0 Å². The van der Waals surface area contributed by atoms with Crippen molar-refractivity contribution in [3.05, 3.63) is 34.3 Å². The zero-order chi connectivity index (χ0) is 12.1. The standard InChI is InChI=1S/C13H16BrNO2/c14-11-4-1-3-10(7-11)8-13(16)15-6-2-5-12-9-17-12/h1,3-4,7,12H,2,5-6,8-9H2,(H,15,16). The van der Waals surface area contributed by atoms with E-state index in [0.29, 0.717) is 12.5 Å². The highest BCUT2D eigenvalue weighted by atomic mass is 79.9. The third-order valence-corrected chi connectivity index (χ3v) is 3.17. The molecule has 1 aromatic rings. The number of nitrogens with one attached hydrogen (secondary N) is 1. The normalized spacial score (nSPS) is 17.8. The van der Waals surface area contributed by atoms with Gasteiger partial charge in [-0.1, -0.05) is 28.1 Å². The first-order chi connectivity index (χ1) is 8.24. The van der Waals surface area contributed by atoms with Crippen LogP contribution in [0.25, 0.3) is 0 Å². The molecule has 1 saturated heterocycles. The van der Waals surface area contributed by atoms with Crippen LogP contribution in [0.4, 0.5) is 0 Å². The van der Waals surface area contributed by atoms with Crippen LogP contribution in [0.5, 0.6) is 0 Å². The Balaban J connectivity index is 1.65. The lowest BCUT2D eigenvalue weighted by molar-refractivity contribution is -0.120.